The lowest BCUT2D eigenvalue weighted by Crippen LogP contribution is -2.78. The van der Waals surface area contributed by atoms with Gasteiger partial charge in [-0.3, -0.25) is 0 Å². The van der Waals surface area contributed by atoms with E-state index < -0.39 is 10.0 Å². The molecule has 0 aliphatic heterocycles. The molecule has 0 bridgehead atoms. The first kappa shape index (κ1) is 21.4. The summed E-state index contributed by atoms with van der Waals surface area (Å²) in [5.74, 6) is 0.358. The molecule has 29 heavy (non-hydrogen) atoms. The van der Waals surface area contributed by atoms with Gasteiger partial charge in [0, 0.05) is 10.0 Å². The van der Waals surface area contributed by atoms with Gasteiger partial charge in [0.15, 0.2) is 0 Å². The molecule has 0 saturated heterocycles. The molecule has 5 nitrogen and oxygen atoms in total. The van der Waals surface area contributed by atoms with Gasteiger partial charge in [-0.05, 0) is 61.9 Å². The van der Waals surface area contributed by atoms with Gasteiger partial charge in [-0.2, -0.15) is 12.8 Å². The van der Waals surface area contributed by atoms with Gasteiger partial charge in [0.2, 0.25) is 0 Å². The predicted molar refractivity (Wildman–Crippen MR) is 119 cm³/mol. The average Bonchev–Trinajstić information content (AvgIpc) is 2.70. The molecule has 0 heterocycles. The van der Waals surface area contributed by atoms with Crippen molar-refractivity contribution in [3.63, 3.8) is 0 Å². The van der Waals surface area contributed by atoms with Gasteiger partial charge in [0.25, 0.3) is 5.84 Å². The van der Waals surface area contributed by atoms with E-state index in [-0.39, 0.29) is 16.5 Å². The lowest BCUT2D eigenvalue weighted by Gasteiger charge is -2.11. The van der Waals surface area contributed by atoms with Gasteiger partial charge in [-0.15, -0.1) is 0 Å². The summed E-state index contributed by atoms with van der Waals surface area (Å²) in [6, 6.07) is 17.0. The summed E-state index contributed by atoms with van der Waals surface area (Å²) < 4.78 is 29.3. The van der Waals surface area contributed by atoms with Crippen LogP contribution in [-0.4, -0.2) is 19.4 Å². The van der Waals surface area contributed by atoms with Crippen LogP contribution in [0.25, 0.3) is 0 Å². The lowest BCUT2D eigenvalue weighted by molar-refractivity contribution is -0.266. The van der Waals surface area contributed by atoms with Crippen LogP contribution >= 0.6 is 27.5 Å². The molecule has 0 radical (unpaired) electrons. The van der Waals surface area contributed by atoms with Crippen molar-refractivity contribution in [2.45, 2.75) is 18.7 Å². The number of phenols is 1. The van der Waals surface area contributed by atoms with E-state index in [9.17, 15) is 13.5 Å². The number of aryl methyl sites for hydroxylation is 1. The summed E-state index contributed by atoms with van der Waals surface area (Å²) in [7, 11) is -3.85. The molecule has 0 unspecified atom stereocenters. The topological polar surface area (TPSA) is 80.4 Å². The number of nitrogens with one attached hydrogen (secondary N) is 2. The highest BCUT2D eigenvalue weighted by atomic mass is 79.9. The Labute approximate surface area is 183 Å². The second-order valence-corrected chi connectivity index (χ2v) is 9.43. The summed E-state index contributed by atoms with van der Waals surface area (Å²) in [6.07, 6.45) is 0. The Bertz CT molecular complexity index is 1180. The number of benzene rings is 3. The minimum atomic E-state index is -3.85. The van der Waals surface area contributed by atoms with Gasteiger partial charge in [-0.1, -0.05) is 45.7 Å². The molecular formula is C21H19BrClN2O3S+. The number of sulfonamides is 1. The summed E-state index contributed by atoms with van der Waals surface area (Å²) in [6.45, 7) is 3.45. The zero-order valence-electron chi connectivity index (χ0n) is 15.7. The highest BCUT2D eigenvalue weighted by molar-refractivity contribution is 9.10. The van der Waals surface area contributed by atoms with Gasteiger partial charge in [-0.25, -0.2) is 5.32 Å². The van der Waals surface area contributed by atoms with Crippen LogP contribution in [0.4, 0.5) is 5.69 Å². The van der Waals surface area contributed by atoms with Gasteiger partial charge >= 0.3 is 10.0 Å². The first-order chi connectivity index (χ1) is 13.7. The molecule has 3 aromatic rings. The number of phenolic OH excluding ortho intramolecular Hbond substituents is 1. The molecule has 0 fully saturated rings. The smallest absolute Gasteiger partial charge is 0.328 e. The van der Waals surface area contributed by atoms with Crippen LogP contribution in [0.3, 0.4) is 0 Å². The van der Waals surface area contributed by atoms with E-state index in [2.05, 4.69) is 25.6 Å². The van der Waals surface area contributed by atoms with Crippen molar-refractivity contribution in [2.75, 3.05) is 5.32 Å². The summed E-state index contributed by atoms with van der Waals surface area (Å²) >= 11 is 9.69. The largest absolute Gasteiger partial charge is 0.507 e. The normalized spacial score (nSPS) is 12.1. The maximum absolute atomic E-state index is 12.9. The Morgan fingerprint density at radius 2 is 1.69 bits per heavy atom. The van der Waals surface area contributed by atoms with E-state index in [4.69, 9.17) is 11.6 Å². The number of anilines is 1. The van der Waals surface area contributed by atoms with Crippen LogP contribution < -0.4 is 9.71 Å². The van der Waals surface area contributed by atoms with Crippen LogP contribution in [0.2, 0.25) is 5.02 Å². The van der Waals surface area contributed by atoms with Crippen molar-refractivity contribution < 1.29 is 17.9 Å². The average molecular weight is 495 g/mol. The van der Waals surface area contributed by atoms with Crippen molar-refractivity contribution in [2.24, 2.45) is 0 Å². The monoisotopic (exact) mass is 493 g/mol. The molecule has 0 aromatic heterocycles. The Morgan fingerprint density at radius 3 is 2.31 bits per heavy atom. The fraction of sp³-hybridized carbons (Fsp3) is 0.0952. The molecule has 3 aromatic carbocycles. The summed E-state index contributed by atoms with van der Waals surface area (Å²) in [5, 5.41) is 13.5. The van der Waals surface area contributed by atoms with E-state index in [0.717, 1.165) is 4.47 Å². The minimum absolute atomic E-state index is 0.109. The molecule has 0 saturated carbocycles. The van der Waals surface area contributed by atoms with Crippen molar-refractivity contribution in [1.82, 2.24) is 0 Å². The Morgan fingerprint density at radius 1 is 1.07 bits per heavy atom. The van der Waals surface area contributed by atoms with Crippen LogP contribution in [0.15, 0.2) is 70.0 Å². The molecule has 150 valence electrons. The lowest BCUT2D eigenvalue weighted by atomic mass is 10.1. The standard InChI is InChI=1S/C21H18BrClN2O3S/c1-13-12-18(19(23)14(2)20(13)26)24-21(15-6-4-3-5-7-15)25-29(27,28)17-10-8-16(22)9-11-17/h3-12,26H,1-2H3,(H,24,25)/p+1. The predicted octanol–water partition coefficient (Wildman–Crippen LogP) is 3.75. The number of hydrogen-bond acceptors (Lipinski definition) is 3. The van der Waals surface area contributed by atoms with Gasteiger partial charge in [0.05, 0.1) is 10.6 Å². The van der Waals surface area contributed by atoms with E-state index in [0.29, 0.717) is 27.4 Å². The molecule has 0 aliphatic carbocycles. The second kappa shape index (κ2) is 8.57. The third-order valence-corrected chi connectivity index (χ3v) is 6.72. The molecular weight excluding hydrogens is 476 g/mol. The number of rotatable bonds is 4. The van der Waals surface area contributed by atoms with E-state index >= 15 is 0 Å². The number of hydrogen-bond donors (Lipinski definition) is 3. The SMILES string of the molecule is Cc1cc(NC(=[NH+]S(=O)(=O)c2ccc(Br)cc2)c2ccccc2)c(Cl)c(C)c1O. The van der Waals surface area contributed by atoms with Crippen LogP contribution in [-0.2, 0) is 10.0 Å². The molecule has 3 N–H and O–H groups in total. The summed E-state index contributed by atoms with van der Waals surface area (Å²) in [4.78, 5) is 0.125. The highest BCUT2D eigenvalue weighted by Gasteiger charge is 2.23. The van der Waals surface area contributed by atoms with Gasteiger partial charge < -0.3 is 5.11 Å². The molecule has 0 spiro atoms. The fourth-order valence-corrected chi connectivity index (χ4v) is 4.25. The van der Waals surface area contributed by atoms with Crippen molar-refractivity contribution in [3.05, 3.63) is 86.8 Å². The minimum Gasteiger partial charge on any atom is -0.507 e. The number of halogens is 2. The van der Waals surface area contributed by atoms with Crippen molar-refractivity contribution in [1.29, 1.82) is 0 Å². The molecule has 0 atom stereocenters. The van der Waals surface area contributed by atoms with Gasteiger partial charge in [0.1, 0.15) is 16.3 Å². The van der Waals surface area contributed by atoms with Crippen molar-refractivity contribution in [3.8, 4) is 5.75 Å². The Kier molecular flexibility index (Phi) is 6.31. The summed E-state index contributed by atoms with van der Waals surface area (Å²) in [5.41, 5.74) is 2.25. The number of aromatic hydroxyl groups is 1. The van der Waals surface area contributed by atoms with E-state index in [1.54, 1.807) is 56.3 Å². The Hall–Kier alpha value is -2.35. The van der Waals surface area contributed by atoms with E-state index in [1.165, 1.54) is 12.1 Å². The quantitative estimate of drug-likeness (QED) is 0.293. The van der Waals surface area contributed by atoms with Crippen LogP contribution in [0.5, 0.6) is 5.75 Å². The van der Waals surface area contributed by atoms with E-state index in [1.807, 2.05) is 6.07 Å². The fourth-order valence-electron chi connectivity index (χ4n) is 2.74. The third-order valence-electron chi connectivity index (χ3n) is 4.34. The second-order valence-electron chi connectivity index (χ2n) is 6.45. The highest BCUT2D eigenvalue weighted by Crippen LogP contribution is 2.35. The molecule has 0 aliphatic rings. The third kappa shape index (κ3) is 4.80. The maximum atomic E-state index is 12.9. The molecule has 3 rings (SSSR count). The zero-order valence-corrected chi connectivity index (χ0v) is 18.9. The van der Waals surface area contributed by atoms with Crippen LogP contribution in [0.1, 0.15) is 16.7 Å². The molecule has 8 heteroatoms. The first-order valence-electron chi connectivity index (χ1n) is 8.65. The molecule has 0 amide bonds. The number of amidine groups is 1. The zero-order chi connectivity index (χ0) is 21.2. The van der Waals surface area contributed by atoms with Crippen LogP contribution in [0, 0.1) is 13.8 Å². The van der Waals surface area contributed by atoms with Crippen molar-refractivity contribution >= 4 is 49.1 Å². The first-order valence-corrected chi connectivity index (χ1v) is 11.3. The Balaban J connectivity index is 2.12. The maximum Gasteiger partial charge on any atom is 0.328 e.